The SMILES string of the molecule is CN1CCN(c2ccc(N/C=C3/C(=O)Nc4cc(C(=O)c5cccc(NC(=O)c6ccccc6Cl)c5)ccc43)cc2)CC1. The summed E-state index contributed by atoms with van der Waals surface area (Å²) >= 11 is 6.15. The van der Waals surface area contributed by atoms with Crippen LogP contribution in [0, 0.1) is 0 Å². The van der Waals surface area contributed by atoms with Gasteiger partial charge >= 0.3 is 0 Å². The maximum Gasteiger partial charge on any atom is 0.257 e. The van der Waals surface area contributed by atoms with Crippen LogP contribution in [0.4, 0.5) is 22.7 Å². The highest BCUT2D eigenvalue weighted by Crippen LogP contribution is 2.33. The summed E-state index contributed by atoms with van der Waals surface area (Å²) < 4.78 is 0. The Morgan fingerprint density at radius 1 is 0.837 bits per heavy atom. The fourth-order valence-corrected chi connectivity index (χ4v) is 5.44. The maximum atomic E-state index is 13.4. The first-order chi connectivity index (χ1) is 20.9. The van der Waals surface area contributed by atoms with Gasteiger partial charge in [-0.1, -0.05) is 48.0 Å². The van der Waals surface area contributed by atoms with E-state index in [2.05, 4.69) is 44.9 Å². The predicted molar refractivity (Wildman–Crippen MR) is 172 cm³/mol. The Morgan fingerprint density at radius 2 is 1.58 bits per heavy atom. The van der Waals surface area contributed by atoms with Crippen molar-refractivity contribution < 1.29 is 14.4 Å². The van der Waals surface area contributed by atoms with Crippen LogP contribution >= 0.6 is 11.6 Å². The average Bonchev–Trinajstić information content (AvgIpc) is 3.34. The summed E-state index contributed by atoms with van der Waals surface area (Å²) in [4.78, 5) is 43.5. The molecule has 0 spiro atoms. The summed E-state index contributed by atoms with van der Waals surface area (Å²) in [6.45, 7) is 4.09. The fraction of sp³-hybridized carbons (Fsp3) is 0.147. The largest absolute Gasteiger partial charge is 0.369 e. The molecule has 9 heteroatoms. The molecular weight excluding hydrogens is 562 g/mol. The van der Waals surface area contributed by atoms with E-state index < -0.39 is 0 Å². The number of carbonyl (C=O) groups excluding carboxylic acids is 3. The highest BCUT2D eigenvalue weighted by Gasteiger charge is 2.25. The molecule has 216 valence electrons. The fourth-order valence-electron chi connectivity index (χ4n) is 5.22. The molecule has 2 aliphatic heterocycles. The third kappa shape index (κ3) is 6.16. The molecule has 0 aromatic heterocycles. The zero-order valence-corrected chi connectivity index (χ0v) is 24.3. The van der Waals surface area contributed by atoms with Crippen LogP contribution in [0.5, 0.6) is 0 Å². The van der Waals surface area contributed by atoms with Gasteiger partial charge in [-0.3, -0.25) is 14.4 Å². The molecule has 1 saturated heterocycles. The van der Waals surface area contributed by atoms with Crippen LogP contribution in [0.2, 0.25) is 5.02 Å². The number of ketones is 1. The van der Waals surface area contributed by atoms with Gasteiger partial charge in [0, 0.05) is 71.8 Å². The molecule has 4 aromatic carbocycles. The van der Waals surface area contributed by atoms with Crippen LogP contribution in [0.15, 0.2) is 97.2 Å². The number of hydrogen-bond acceptors (Lipinski definition) is 6. The highest BCUT2D eigenvalue weighted by molar-refractivity contribution is 6.34. The number of nitrogens with one attached hydrogen (secondary N) is 3. The third-order valence-corrected chi connectivity index (χ3v) is 8.01. The Labute approximate surface area is 255 Å². The van der Waals surface area contributed by atoms with Crippen molar-refractivity contribution in [3.05, 3.63) is 124 Å². The van der Waals surface area contributed by atoms with Crippen molar-refractivity contribution in [2.24, 2.45) is 0 Å². The lowest BCUT2D eigenvalue weighted by Gasteiger charge is -2.34. The first-order valence-electron chi connectivity index (χ1n) is 14.0. The molecule has 3 N–H and O–H groups in total. The Hall–Kier alpha value is -4.92. The summed E-state index contributed by atoms with van der Waals surface area (Å²) in [6, 6.07) is 26.8. The molecule has 0 bridgehead atoms. The molecule has 0 atom stereocenters. The van der Waals surface area contributed by atoms with Crippen LogP contribution in [-0.4, -0.2) is 55.7 Å². The summed E-state index contributed by atoms with van der Waals surface area (Å²) in [5.74, 6) is -0.846. The summed E-state index contributed by atoms with van der Waals surface area (Å²) in [7, 11) is 2.14. The van der Waals surface area contributed by atoms with Crippen molar-refractivity contribution in [2.45, 2.75) is 0 Å². The quantitative estimate of drug-likeness (QED) is 0.181. The molecule has 0 radical (unpaired) electrons. The molecular formula is C34H30ClN5O3. The third-order valence-electron chi connectivity index (χ3n) is 7.68. The number of carbonyl (C=O) groups is 3. The van der Waals surface area contributed by atoms with E-state index in [9.17, 15) is 14.4 Å². The number of benzene rings is 4. The van der Waals surface area contributed by atoms with Crippen molar-refractivity contribution in [2.75, 3.05) is 54.1 Å². The number of nitrogens with zero attached hydrogens (tertiary/aromatic N) is 2. The highest BCUT2D eigenvalue weighted by atomic mass is 35.5. The standard InChI is InChI=1S/C34H30ClN5O3/c1-39-15-17-40(18-16-39)26-12-10-24(11-13-26)36-21-29-27-14-9-23(20-31(27)38-34(29)43)32(41)22-5-4-6-25(19-22)37-33(42)28-7-2-3-8-30(28)35/h2-14,19-21,36H,15-18H2,1H3,(H,37,42)(H,38,43)/b29-21+. The van der Waals surface area contributed by atoms with E-state index in [1.165, 1.54) is 5.69 Å². The van der Waals surface area contributed by atoms with Gasteiger partial charge in [0.15, 0.2) is 5.78 Å². The van der Waals surface area contributed by atoms with Crippen LogP contribution < -0.4 is 20.9 Å². The van der Waals surface area contributed by atoms with Crippen molar-refractivity contribution in [3.63, 3.8) is 0 Å². The van der Waals surface area contributed by atoms with E-state index in [4.69, 9.17) is 11.6 Å². The van der Waals surface area contributed by atoms with Crippen molar-refractivity contribution in [3.8, 4) is 0 Å². The summed E-state index contributed by atoms with van der Waals surface area (Å²) in [5, 5.41) is 9.24. The molecule has 2 heterocycles. The molecule has 0 saturated carbocycles. The monoisotopic (exact) mass is 591 g/mol. The van der Waals surface area contributed by atoms with E-state index in [0.717, 1.165) is 31.9 Å². The van der Waals surface area contributed by atoms with E-state index in [1.807, 2.05) is 12.1 Å². The Kier molecular flexibility index (Phi) is 7.96. The lowest BCUT2D eigenvalue weighted by Crippen LogP contribution is -2.44. The Morgan fingerprint density at radius 3 is 2.35 bits per heavy atom. The lowest BCUT2D eigenvalue weighted by molar-refractivity contribution is -0.110. The van der Waals surface area contributed by atoms with Gasteiger partial charge < -0.3 is 25.8 Å². The molecule has 0 aliphatic carbocycles. The van der Waals surface area contributed by atoms with Gasteiger partial charge in [0.25, 0.3) is 11.8 Å². The van der Waals surface area contributed by atoms with Gasteiger partial charge in [0.2, 0.25) is 0 Å². The smallest absolute Gasteiger partial charge is 0.257 e. The second kappa shape index (κ2) is 12.1. The molecule has 8 nitrogen and oxygen atoms in total. The molecule has 1 fully saturated rings. The van der Waals surface area contributed by atoms with E-state index in [-0.39, 0.29) is 17.6 Å². The van der Waals surface area contributed by atoms with Gasteiger partial charge in [-0.25, -0.2) is 0 Å². The number of likely N-dealkylation sites (N-methyl/N-ethyl adjacent to an activating group) is 1. The number of rotatable bonds is 7. The molecule has 0 unspecified atom stereocenters. The number of anilines is 4. The van der Waals surface area contributed by atoms with Gasteiger partial charge in [0.05, 0.1) is 16.2 Å². The van der Waals surface area contributed by atoms with Gasteiger partial charge in [0.1, 0.15) is 0 Å². The van der Waals surface area contributed by atoms with Crippen molar-refractivity contribution in [1.82, 2.24) is 4.90 Å². The number of halogens is 1. The number of amides is 2. The molecule has 4 aromatic rings. The van der Waals surface area contributed by atoms with E-state index in [1.54, 1.807) is 72.9 Å². The zero-order valence-electron chi connectivity index (χ0n) is 23.6. The zero-order chi connectivity index (χ0) is 29.9. The van der Waals surface area contributed by atoms with Crippen molar-refractivity contribution >= 4 is 57.5 Å². The van der Waals surface area contributed by atoms with Gasteiger partial charge in [-0.2, -0.15) is 0 Å². The number of piperazine rings is 1. The summed E-state index contributed by atoms with van der Waals surface area (Å²) in [5.41, 5.74) is 5.46. The maximum absolute atomic E-state index is 13.4. The van der Waals surface area contributed by atoms with E-state index >= 15 is 0 Å². The molecule has 43 heavy (non-hydrogen) atoms. The van der Waals surface area contributed by atoms with Gasteiger partial charge in [-0.15, -0.1) is 0 Å². The van der Waals surface area contributed by atoms with E-state index in [0.29, 0.717) is 44.2 Å². The average molecular weight is 592 g/mol. The van der Waals surface area contributed by atoms with Crippen molar-refractivity contribution in [1.29, 1.82) is 0 Å². The first kappa shape index (κ1) is 28.2. The predicted octanol–water partition coefficient (Wildman–Crippen LogP) is 5.98. The summed E-state index contributed by atoms with van der Waals surface area (Å²) in [6.07, 6.45) is 1.69. The first-order valence-corrected chi connectivity index (χ1v) is 14.4. The molecule has 6 rings (SSSR count). The second-order valence-electron chi connectivity index (χ2n) is 10.6. The van der Waals surface area contributed by atoms with Crippen LogP contribution in [-0.2, 0) is 4.79 Å². The van der Waals surface area contributed by atoms with Crippen LogP contribution in [0.25, 0.3) is 5.57 Å². The normalized spacial score (nSPS) is 15.6. The second-order valence-corrected chi connectivity index (χ2v) is 11.0. The molecule has 2 aliphatic rings. The number of fused-ring (bicyclic) bond motifs is 1. The van der Waals surface area contributed by atoms with Crippen LogP contribution in [0.3, 0.4) is 0 Å². The Bertz CT molecular complexity index is 1740. The minimum Gasteiger partial charge on any atom is -0.369 e. The minimum absolute atomic E-state index is 0.234. The number of hydrogen-bond donors (Lipinski definition) is 3. The van der Waals surface area contributed by atoms with Gasteiger partial charge in [-0.05, 0) is 61.6 Å². The van der Waals surface area contributed by atoms with Crippen LogP contribution in [0.1, 0.15) is 31.8 Å². The molecule has 2 amide bonds. The lowest BCUT2D eigenvalue weighted by atomic mass is 9.99. The Balaban J connectivity index is 1.14. The minimum atomic E-state index is -0.366. The topological polar surface area (TPSA) is 93.8 Å².